The Labute approximate surface area is 125 Å². The molecule has 6 nitrogen and oxygen atoms in total. The molecule has 0 saturated carbocycles. The van der Waals surface area contributed by atoms with E-state index < -0.39 is 38.2 Å². The zero-order chi connectivity index (χ0) is 17.3. The first kappa shape index (κ1) is 18.2. The minimum Gasteiger partial charge on any atom is -0.365 e. The lowest BCUT2D eigenvalue weighted by molar-refractivity contribution is -0.384. The number of rotatable bonds is 5. The van der Waals surface area contributed by atoms with E-state index in [4.69, 9.17) is 0 Å². The van der Waals surface area contributed by atoms with Crippen molar-refractivity contribution in [2.45, 2.75) is 19.1 Å². The highest BCUT2D eigenvalue weighted by Crippen LogP contribution is 2.36. The van der Waals surface area contributed by atoms with E-state index in [9.17, 15) is 31.7 Å². The van der Waals surface area contributed by atoms with Crippen molar-refractivity contribution in [3.63, 3.8) is 0 Å². The van der Waals surface area contributed by atoms with Crippen LogP contribution in [0.3, 0.4) is 0 Å². The van der Waals surface area contributed by atoms with Crippen molar-refractivity contribution in [3.8, 4) is 0 Å². The summed E-state index contributed by atoms with van der Waals surface area (Å²) in [7, 11) is -1.94. The molecule has 1 aromatic carbocycles. The molecule has 0 heterocycles. The monoisotopic (exact) mass is 340 g/mol. The summed E-state index contributed by atoms with van der Waals surface area (Å²) in [6, 6.07) is 1.51. The largest absolute Gasteiger partial charge is 0.416 e. The summed E-state index contributed by atoms with van der Waals surface area (Å²) in [5.41, 5.74) is -1.93. The summed E-state index contributed by atoms with van der Waals surface area (Å²) in [5.74, 6) is -0.276. The fourth-order valence-corrected chi connectivity index (χ4v) is 3.03. The highest BCUT2D eigenvalue weighted by molar-refractivity contribution is 7.90. The molecule has 0 spiro atoms. The Kier molecular flexibility index (Phi) is 5.06. The van der Waals surface area contributed by atoms with Crippen molar-refractivity contribution in [1.82, 2.24) is 0 Å². The molecule has 0 bridgehead atoms. The Morgan fingerprint density at radius 2 is 1.91 bits per heavy atom. The molecule has 1 aromatic rings. The summed E-state index contributed by atoms with van der Waals surface area (Å²) in [5, 5.41) is 11.0. The number of sulfone groups is 1. The topological polar surface area (TPSA) is 80.5 Å². The third-order valence-electron chi connectivity index (χ3n) is 3.08. The molecular weight excluding hydrogens is 325 g/mol. The molecule has 0 aliphatic rings. The van der Waals surface area contributed by atoms with Gasteiger partial charge in [-0.15, -0.1) is 0 Å². The number of nitro groups is 1. The van der Waals surface area contributed by atoms with Crippen LogP contribution in [-0.4, -0.2) is 38.4 Å². The van der Waals surface area contributed by atoms with E-state index in [-0.39, 0.29) is 11.4 Å². The van der Waals surface area contributed by atoms with E-state index in [1.165, 1.54) is 18.9 Å². The van der Waals surface area contributed by atoms with Crippen molar-refractivity contribution in [2.75, 3.05) is 24.0 Å². The van der Waals surface area contributed by atoms with Gasteiger partial charge in [-0.2, -0.15) is 13.2 Å². The van der Waals surface area contributed by atoms with Gasteiger partial charge in [0.05, 0.1) is 16.2 Å². The first-order valence-corrected chi connectivity index (χ1v) is 8.15. The maximum absolute atomic E-state index is 12.6. The standard InChI is InChI=1S/C12H15F3N2O4S/c1-8(7-22(3,20)21)16(2)10-5-4-9(12(13,14)15)6-11(10)17(18)19/h4-6,8H,7H2,1-3H3/t8-/m1/s1. The molecule has 0 fully saturated rings. The molecular formula is C12H15F3N2O4S. The maximum Gasteiger partial charge on any atom is 0.416 e. The zero-order valence-corrected chi connectivity index (χ0v) is 12.9. The molecule has 0 saturated heterocycles. The van der Waals surface area contributed by atoms with Crippen molar-refractivity contribution < 1.29 is 26.5 Å². The number of alkyl halides is 3. The van der Waals surface area contributed by atoms with E-state index in [0.29, 0.717) is 6.07 Å². The third kappa shape index (κ3) is 4.58. The number of anilines is 1. The van der Waals surface area contributed by atoms with Crippen molar-refractivity contribution in [2.24, 2.45) is 0 Å². The number of halogens is 3. The van der Waals surface area contributed by atoms with Gasteiger partial charge in [-0.25, -0.2) is 8.42 Å². The molecule has 0 amide bonds. The van der Waals surface area contributed by atoms with Gasteiger partial charge in [-0.05, 0) is 19.1 Å². The van der Waals surface area contributed by atoms with Crippen LogP contribution in [0.2, 0.25) is 0 Å². The van der Waals surface area contributed by atoms with Gasteiger partial charge >= 0.3 is 6.18 Å². The van der Waals surface area contributed by atoms with Crippen LogP contribution in [-0.2, 0) is 16.0 Å². The van der Waals surface area contributed by atoms with Crippen LogP contribution in [0, 0.1) is 10.1 Å². The number of hydrogen-bond donors (Lipinski definition) is 0. The Morgan fingerprint density at radius 1 is 1.36 bits per heavy atom. The van der Waals surface area contributed by atoms with Crippen LogP contribution < -0.4 is 4.90 Å². The minimum absolute atomic E-state index is 0.0749. The van der Waals surface area contributed by atoms with Crippen molar-refractivity contribution in [3.05, 3.63) is 33.9 Å². The fourth-order valence-electron chi connectivity index (χ4n) is 1.93. The number of hydrogen-bond acceptors (Lipinski definition) is 5. The van der Waals surface area contributed by atoms with Gasteiger partial charge in [0.2, 0.25) is 0 Å². The van der Waals surface area contributed by atoms with Crippen LogP contribution in [0.1, 0.15) is 12.5 Å². The van der Waals surface area contributed by atoms with Crippen LogP contribution in [0.15, 0.2) is 18.2 Å². The lowest BCUT2D eigenvalue weighted by Crippen LogP contribution is -2.35. The van der Waals surface area contributed by atoms with E-state index in [2.05, 4.69) is 0 Å². The Morgan fingerprint density at radius 3 is 2.32 bits per heavy atom. The van der Waals surface area contributed by atoms with Crippen LogP contribution in [0.5, 0.6) is 0 Å². The second-order valence-electron chi connectivity index (χ2n) is 5.01. The number of nitro benzene ring substituents is 1. The Balaban J connectivity index is 3.27. The number of nitrogens with zero attached hydrogens (tertiary/aromatic N) is 2. The predicted molar refractivity (Wildman–Crippen MR) is 75.7 cm³/mol. The van der Waals surface area contributed by atoms with Crippen LogP contribution in [0.4, 0.5) is 24.5 Å². The first-order chi connectivity index (χ1) is 9.83. The molecule has 10 heteroatoms. The van der Waals surface area contributed by atoms with Crippen LogP contribution >= 0.6 is 0 Å². The molecule has 0 aliphatic carbocycles. The molecule has 0 unspecified atom stereocenters. The van der Waals surface area contributed by atoms with Gasteiger partial charge < -0.3 is 4.90 Å². The van der Waals surface area contributed by atoms with Gasteiger partial charge in [-0.3, -0.25) is 10.1 Å². The summed E-state index contributed by atoms with van der Waals surface area (Å²) >= 11 is 0. The fraction of sp³-hybridized carbons (Fsp3) is 0.500. The summed E-state index contributed by atoms with van der Waals surface area (Å²) in [6.07, 6.45) is -3.68. The smallest absolute Gasteiger partial charge is 0.365 e. The molecule has 0 radical (unpaired) electrons. The predicted octanol–water partition coefficient (Wildman–Crippen LogP) is 2.48. The summed E-state index contributed by atoms with van der Waals surface area (Å²) < 4.78 is 60.4. The SMILES string of the molecule is C[C@H](CS(C)(=O)=O)N(C)c1ccc(C(F)(F)F)cc1[N+](=O)[O-]. The molecule has 0 aliphatic heterocycles. The Hall–Kier alpha value is -1.84. The molecule has 124 valence electrons. The average Bonchev–Trinajstić information content (AvgIpc) is 2.33. The normalized spacial score (nSPS) is 13.7. The van der Waals surface area contributed by atoms with Gasteiger partial charge in [0, 0.05) is 25.4 Å². The van der Waals surface area contributed by atoms with Crippen LogP contribution in [0.25, 0.3) is 0 Å². The Bertz CT molecular complexity index is 673. The minimum atomic E-state index is -4.69. The summed E-state index contributed by atoms with van der Waals surface area (Å²) in [6.45, 7) is 1.52. The van der Waals surface area contributed by atoms with E-state index >= 15 is 0 Å². The molecule has 0 aromatic heterocycles. The van der Waals surface area contributed by atoms with E-state index in [0.717, 1.165) is 18.4 Å². The van der Waals surface area contributed by atoms with Gasteiger partial charge in [-0.1, -0.05) is 0 Å². The second-order valence-corrected chi connectivity index (χ2v) is 7.20. The zero-order valence-electron chi connectivity index (χ0n) is 12.1. The lowest BCUT2D eigenvalue weighted by atomic mass is 10.1. The van der Waals surface area contributed by atoms with Gasteiger partial charge in [0.15, 0.2) is 0 Å². The van der Waals surface area contributed by atoms with E-state index in [1.807, 2.05) is 0 Å². The highest BCUT2D eigenvalue weighted by atomic mass is 32.2. The quantitative estimate of drug-likeness (QED) is 0.608. The number of benzene rings is 1. The van der Waals surface area contributed by atoms with Crippen molar-refractivity contribution in [1.29, 1.82) is 0 Å². The second kappa shape index (κ2) is 6.11. The first-order valence-electron chi connectivity index (χ1n) is 6.09. The molecule has 22 heavy (non-hydrogen) atoms. The summed E-state index contributed by atoms with van der Waals surface area (Å²) in [4.78, 5) is 11.4. The molecule has 0 N–H and O–H groups in total. The van der Waals surface area contributed by atoms with Gasteiger partial charge in [0.25, 0.3) is 5.69 Å². The average molecular weight is 340 g/mol. The maximum atomic E-state index is 12.6. The lowest BCUT2D eigenvalue weighted by Gasteiger charge is -2.26. The highest BCUT2D eigenvalue weighted by Gasteiger charge is 2.34. The molecule has 1 rings (SSSR count). The third-order valence-corrected chi connectivity index (χ3v) is 4.17. The van der Waals surface area contributed by atoms with Crippen molar-refractivity contribution >= 4 is 21.2 Å². The molecule has 1 atom stereocenters. The van der Waals surface area contributed by atoms with Gasteiger partial charge in [0.1, 0.15) is 15.5 Å². The van der Waals surface area contributed by atoms with E-state index in [1.54, 1.807) is 0 Å².